The average Bonchev–Trinajstić information content (AvgIpc) is 2.68. The van der Waals surface area contributed by atoms with Crippen LogP contribution in [0.4, 0.5) is 0 Å². The number of ketones is 2. The van der Waals surface area contributed by atoms with Crippen molar-refractivity contribution in [2.24, 2.45) is 0 Å². The zero-order chi connectivity index (χ0) is 20.1. The molecule has 1 aliphatic rings. The highest BCUT2D eigenvalue weighted by atomic mass is 16.1. The number of hydrogen-bond acceptors (Lipinski definition) is 2. The highest BCUT2D eigenvalue weighted by molar-refractivity contribution is 6.28. The molecule has 0 aliphatic heterocycles. The molecule has 0 unspecified atom stereocenters. The second-order valence-electron chi connectivity index (χ2n) is 8.67. The Balaban J connectivity index is 1.68. The van der Waals surface area contributed by atoms with Crippen LogP contribution in [0, 0.1) is 0 Å². The van der Waals surface area contributed by atoms with Crippen molar-refractivity contribution < 1.29 is 14.1 Å². The summed E-state index contributed by atoms with van der Waals surface area (Å²) in [6.45, 7) is 4.24. The lowest BCUT2D eigenvalue weighted by atomic mass is 9.83. The first-order valence-corrected chi connectivity index (χ1v) is 10.6. The fourth-order valence-electron chi connectivity index (χ4n) is 4.14. The summed E-state index contributed by atoms with van der Waals surface area (Å²) in [6, 6.07) is 12.9. The van der Waals surface area contributed by atoms with Gasteiger partial charge in [-0.3, -0.25) is 9.59 Å². The Morgan fingerprint density at radius 2 is 1.29 bits per heavy atom. The van der Waals surface area contributed by atoms with E-state index < -0.39 is 0 Å². The molecule has 0 saturated heterocycles. The molecule has 0 atom stereocenters. The van der Waals surface area contributed by atoms with Crippen molar-refractivity contribution in [3.63, 3.8) is 0 Å². The predicted octanol–water partition coefficient (Wildman–Crippen LogP) is 5.40. The number of benzene rings is 2. The number of rotatable bonds is 9. The third kappa shape index (κ3) is 4.59. The Labute approximate surface area is 169 Å². The molecule has 3 heteroatoms. The molecule has 3 nitrogen and oxygen atoms in total. The van der Waals surface area contributed by atoms with Crippen molar-refractivity contribution in [3.8, 4) is 0 Å². The predicted molar refractivity (Wildman–Crippen MR) is 114 cm³/mol. The minimum Gasteiger partial charge on any atom is -0.325 e. The highest BCUT2D eigenvalue weighted by Gasteiger charge is 2.30. The minimum absolute atomic E-state index is 0.0340. The van der Waals surface area contributed by atoms with Crippen LogP contribution in [0.2, 0.25) is 0 Å². The average molecular weight is 379 g/mol. The summed E-state index contributed by atoms with van der Waals surface area (Å²) < 4.78 is 0.894. The summed E-state index contributed by atoms with van der Waals surface area (Å²) in [7, 11) is 4.49. The van der Waals surface area contributed by atoms with Crippen LogP contribution < -0.4 is 0 Å². The van der Waals surface area contributed by atoms with Crippen molar-refractivity contribution >= 4 is 11.6 Å². The Bertz CT molecular complexity index is 867. The lowest BCUT2D eigenvalue weighted by molar-refractivity contribution is -0.903. The summed E-state index contributed by atoms with van der Waals surface area (Å²) in [6.07, 6.45) is 7.80. The number of unbranched alkanes of at least 4 members (excludes halogenated alkanes) is 5. The van der Waals surface area contributed by atoms with Gasteiger partial charge in [0, 0.05) is 27.8 Å². The third-order valence-corrected chi connectivity index (χ3v) is 5.72. The molecule has 0 radical (unpaired) electrons. The van der Waals surface area contributed by atoms with Crippen molar-refractivity contribution in [3.05, 3.63) is 70.3 Å². The number of carbonyl (C=O) groups excluding carboxylic acids is 2. The van der Waals surface area contributed by atoms with Crippen LogP contribution in [-0.2, 0) is 6.54 Å². The summed E-state index contributed by atoms with van der Waals surface area (Å²) in [5.74, 6) is -0.0779. The summed E-state index contributed by atoms with van der Waals surface area (Å²) in [4.78, 5) is 25.7. The molecule has 3 rings (SSSR count). The molecule has 0 heterocycles. The van der Waals surface area contributed by atoms with Crippen LogP contribution in [0.25, 0.3) is 0 Å². The van der Waals surface area contributed by atoms with E-state index in [1.165, 1.54) is 38.5 Å². The van der Waals surface area contributed by atoms with Gasteiger partial charge in [0.2, 0.25) is 0 Å². The van der Waals surface area contributed by atoms with Gasteiger partial charge in [-0.2, -0.15) is 0 Å². The van der Waals surface area contributed by atoms with E-state index in [-0.39, 0.29) is 11.6 Å². The van der Waals surface area contributed by atoms with Crippen molar-refractivity contribution in [1.29, 1.82) is 0 Å². The smallest absolute Gasteiger partial charge is 0.194 e. The summed E-state index contributed by atoms with van der Waals surface area (Å²) in [5.41, 5.74) is 3.26. The van der Waals surface area contributed by atoms with E-state index in [4.69, 9.17) is 0 Å². The molecule has 0 bridgehead atoms. The Hall–Kier alpha value is -2.26. The van der Waals surface area contributed by atoms with Gasteiger partial charge in [0.25, 0.3) is 0 Å². The van der Waals surface area contributed by atoms with Gasteiger partial charge in [-0.15, -0.1) is 0 Å². The molecular formula is C25H32NO2+. The normalized spacial score (nSPS) is 13.4. The fourth-order valence-corrected chi connectivity index (χ4v) is 4.14. The third-order valence-electron chi connectivity index (χ3n) is 5.72. The maximum absolute atomic E-state index is 12.9. The SMILES string of the molecule is CCCCCCCC[N+](C)(C)Cc1ccc2c(c1)C(=O)c1ccccc1C2=O. The van der Waals surface area contributed by atoms with E-state index in [9.17, 15) is 9.59 Å². The molecule has 0 amide bonds. The molecule has 0 N–H and O–H groups in total. The number of nitrogens with zero attached hydrogens (tertiary/aromatic N) is 1. The molecular weight excluding hydrogens is 346 g/mol. The Morgan fingerprint density at radius 3 is 1.96 bits per heavy atom. The van der Waals surface area contributed by atoms with Crippen LogP contribution in [0.3, 0.4) is 0 Å². The number of quaternary nitrogens is 1. The first-order chi connectivity index (χ1) is 13.4. The first-order valence-electron chi connectivity index (χ1n) is 10.6. The zero-order valence-corrected chi connectivity index (χ0v) is 17.5. The van der Waals surface area contributed by atoms with Crippen molar-refractivity contribution in [1.82, 2.24) is 0 Å². The second-order valence-corrected chi connectivity index (χ2v) is 8.67. The number of fused-ring (bicyclic) bond motifs is 2. The van der Waals surface area contributed by atoms with Gasteiger partial charge >= 0.3 is 0 Å². The molecule has 0 fully saturated rings. The monoisotopic (exact) mass is 378 g/mol. The first kappa shape index (κ1) is 20.5. The summed E-state index contributed by atoms with van der Waals surface area (Å²) in [5, 5.41) is 0. The molecule has 148 valence electrons. The highest BCUT2D eigenvalue weighted by Crippen LogP contribution is 2.28. The van der Waals surface area contributed by atoms with Crippen LogP contribution >= 0.6 is 0 Å². The van der Waals surface area contributed by atoms with Gasteiger partial charge in [0.15, 0.2) is 11.6 Å². The van der Waals surface area contributed by atoms with Crippen molar-refractivity contribution in [2.75, 3.05) is 20.6 Å². The van der Waals surface area contributed by atoms with E-state index in [0.29, 0.717) is 22.3 Å². The van der Waals surface area contributed by atoms with Crippen molar-refractivity contribution in [2.45, 2.75) is 52.0 Å². The lowest BCUT2D eigenvalue weighted by Gasteiger charge is -2.30. The van der Waals surface area contributed by atoms with Gasteiger partial charge in [-0.25, -0.2) is 0 Å². The minimum atomic E-state index is -0.0439. The maximum Gasteiger partial charge on any atom is 0.194 e. The van der Waals surface area contributed by atoms with E-state index in [2.05, 4.69) is 21.0 Å². The quantitative estimate of drug-likeness (QED) is 0.369. The molecule has 2 aromatic rings. The number of hydrogen-bond donors (Lipinski definition) is 0. The van der Waals surface area contributed by atoms with Gasteiger partial charge in [0.1, 0.15) is 6.54 Å². The standard InChI is InChI=1S/C25H32NO2/c1-4-5-6-7-8-11-16-26(2,3)18-19-14-15-22-23(17-19)25(28)21-13-10-9-12-20(21)24(22)27/h9-10,12-15,17H,4-8,11,16,18H2,1-3H3/q+1. The molecule has 2 aromatic carbocycles. The van der Waals surface area contributed by atoms with E-state index in [0.717, 1.165) is 23.1 Å². The Morgan fingerprint density at radius 1 is 0.714 bits per heavy atom. The molecule has 0 spiro atoms. The van der Waals surface area contributed by atoms with Gasteiger partial charge in [-0.1, -0.05) is 62.9 Å². The summed E-state index contributed by atoms with van der Waals surface area (Å²) >= 11 is 0. The van der Waals surface area contributed by atoms with Gasteiger partial charge in [-0.05, 0) is 25.0 Å². The van der Waals surface area contributed by atoms with Crippen LogP contribution in [0.15, 0.2) is 42.5 Å². The maximum atomic E-state index is 12.9. The fraction of sp³-hybridized carbons (Fsp3) is 0.440. The second kappa shape index (κ2) is 8.83. The molecule has 1 aliphatic carbocycles. The largest absolute Gasteiger partial charge is 0.325 e. The van der Waals surface area contributed by atoms with Gasteiger partial charge in [0.05, 0.1) is 20.6 Å². The number of carbonyl (C=O) groups is 2. The molecule has 0 saturated carbocycles. The Kier molecular flexibility index (Phi) is 6.46. The molecule has 28 heavy (non-hydrogen) atoms. The lowest BCUT2D eigenvalue weighted by Crippen LogP contribution is -2.39. The van der Waals surface area contributed by atoms with E-state index in [1.807, 2.05) is 30.3 Å². The van der Waals surface area contributed by atoms with Crippen LogP contribution in [-0.4, -0.2) is 36.7 Å². The molecule has 0 aromatic heterocycles. The van der Waals surface area contributed by atoms with Crippen LogP contribution in [0.1, 0.15) is 82.9 Å². The van der Waals surface area contributed by atoms with Gasteiger partial charge < -0.3 is 4.48 Å². The topological polar surface area (TPSA) is 34.1 Å². The van der Waals surface area contributed by atoms with E-state index >= 15 is 0 Å². The zero-order valence-electron chi connectivity index (χ0n) is 17.5. The van der Waals surface area contributed by atoms with E-state index in [1.54, 1.807) is 12.1 Å². The van der Waals surface area contributed by atoms with Crippen LogP contribution in [0.5, 0.6) is 0 Å².